The van der Waals surface area contributed by atoms with Crippen LogP contribution in [0.2, 0.25) is 5.02 Å². The van der Waals surface area contributed by atoms with Gasteiger partial charge in [0.2, 0.25) is 0 Å². The van der Waals surface area contributed by atoms with Crippen LogP contribution >= 0.6 is 11.6 Å². The van der Waals surface area contributed by atoms with Crippen LogP contribution < -0.4 is 5.59 Å². The van der Waals surface area contributed by atoms with Crippen LogP contribution in [0.4, 0.5) is 0 Å². The standard InChI is InChI=1S/C14H19BClNO2/c1-13(2)14(3,4)19-15(18-13)12-11(16)7-10(8-17-12)9-5-6-9/h7-9H,5-6H2,1-4H3. The molecule has 1 aromatic rings. The van der Waals surface area contributed by atoms with Crippen molar-refractivity contribution in [1.82, 2.24) is 4.98 Å². The molecule has 2 aliphatic rings. The van der Waals surface area contributed by atoms with Gasteiger partial charge in [0.25, 0.3) is 0 Å². The van der Waals surface area contributed by atoms with Crippen molar-refractivity contribution in [3.8, 4) is 0 Å². The van der Waals surface area contributed by atoms with Gasteiger partial charge in [-0.1, -0.05) is 11.6 Å². The highest BCUT2D eigenvalue weighted by atomic mass is 35.5. The first kappa shape index (κ1) is 13.4. The van der Waals surface area contributed by atoms with Crippen molar-refractivity contribution in [3.05, 3.63) is 22.8 Å². The summed E-state index contributed by atoms with van der Waals surface area (Å²) < 4.78 is 12.0. The van der Waals surface area contributed by atoms with E-state index in [1.807, 2.05) is 40.0 Å². The summed E-state index contributed by atoms with van der Waals surface area (Å²) in [5.74, 6) is 0.650. The molecule has 1 aromatic heterocycles. The topological polar surface area (TPSA) is 31.4 Å². The molecule has 0 amide bonds. The molecule has 1 saturated carbocycles. The van der Waals surface area contributed by atoms with E-state index >= 15 is 0 Å². The fourth-order valence-electron chi connectivity index (χ4n) is 2.23. The number of hydrogen-bond acceptors (Lipinski definition) is 3. The fourth-order valence-corrected chi connectivity index (χ4v) is 2.50. The first-order valence-electron chi connectivity index (χ1n) is 6.81. The third kappa shape index (κ3) is 2.30. The fraction of sp³-hybridized carbons (Fsp3) is 0.643. The Bertz CT molecular complexity index is 498. The summed E-state index contributed by atoms with van der Waals surface area (Å²) in [7, 11) is -0.481. The van der Waals surface area contributed by atoms with Crippen LogP contribution in [-0.4, -0.2) is 23.3 Å². The predicted octanol–water partition coefficient (Wildman–Crippen LogP) is 2.91. The zero-order valence-electron chi connectivity index (χ0n) is 11.9. The number of halogens is 1. The van der Waals surface area contributed by atoms with Crippen molar-refractivity contribution < 1.29 is 9.31 Å². The van der Waals surface area contributed by atoms with Gasteiger partial charge in [-0.05, 0) is 58.1 Å². The van der Waals surface area contributed by atoms with Crippen LogP contribution in [0.1, 0.15) is 52.0 Å². The van der Waals surface area contributed by atoms with Crippen molar-refractivity contribution in [2.45, 2.75) is 57.7 Å². The maximum atomic E-state index is 6.35. The van der Waals surface area contributed by atoms with Crippen molar-refractivity contribution in [3.63, 3.8) is 0 Å². The molecule has 0 spiro atoms. The van der Waals surface area contributed by atoms with E-state index in [1.165, 1.54) is 18.4 Å². The molecule has 2 fully saturated rings. The summed E-state index contributed by atoms with van der Waals surface area (Å²) >= 11 is 6.35. The van der Waals surface area contributed by atoms with Gasteiger partial charge in [-0.15, -0.1) is 0 Å². The van der Waals surface area contributed by atoms with Gasteiger partial charge >= 0.3 is 7.12 Å². The average molecular weight is 280 g/mol. The minimum absolute atomic E-state index is 0.363. The van der Waals surface area contributed by atoms with E-state index in [4.69, 9.17) is 20.9 Å². The van der Waals surface area contributed by atoms with Crippen LogP contribution in [0, 0.1) is 0 Å². The summed E-state index contributed by atoms with van der Waals surface area (Å²) in [5.41, 5.74) is 1.19. The Morgan fingerprint density at radius 1 is 1.21 bits per heavy atom. The molecule has 1 aliphatic carbocycles. The average Bonchev–Trinajstić information content (AvgIpc) is 3.07. The summed E-state index contributed by atoms with van der Waals surface area (Å²) in [6.07, 6.45) is 4.39. The smallest absolute Gasteiger partial charge is 0.398 e. The maximum absolute atomic E-state index is 6.35. The summed E-state index contributed by atoms with van der Waals surface area (Å²) in [4.78, 5) is 4.47. The Morgan fingerprint density at radius 2 is 1.79 bits per heavy atom. The van der Waals surface area contributed by atoms with E-state index in [0.29, 0.717) is 16.5 Å². The molecule has 5 heteroatoms. The lowest BCUT2D eigenvalue weighted by Gasteiger charge is -2.32. The highest BCUT2D eigenvalue weighted by Crippen LogP contribution is 2.41. The second-order valence-corrected chi connectivity index (χ2v) is 6.91. The number of nitrogens with zero attached hydrogens (tertiary/aromatic N) is 1. The molecule has 0 radical (unpaired) electrons. The zero-order valence-corrected chi connectivity index (χ0v) is 12.6. The molecule has 0 unspecified atom stereocenters. The van der Waals surface area contributed by atoms with Gasteiger partial charge in [0.15, 0.2) is 0 Å². The van der Waals surface area contributed by atoms with E-state index < -0.39 is 7.12 Å². The Labute approximate surface area is 119 Å². The molecule has 19 heavy (non-hydrogen) atoms. The van der Waals surface area contributed by atoms with E-state index in [9.17, 15) is 0 Å². The van der Waals surface area contributed by atoms with Crippen LogP contribution in [0.3, 0.4) is 0 Å². The molecule has 1 saturated heterocycles. The van der Waals surface area contributed by atoms with E-state index in [0.717, 1.165) is 0 Å². The van der Waals surface area contributed by atoms with Gasteiger partial charge in [0.1, 0.15) is 0 Å². The molecule has 2 heterocycles. The maximum Gasteiger partial charge on any atom is 0.516 e. The van der Waals surface area contributed by atoms with Crippen LogP contribution in [0.15, 0.2) is 12.3 Å². The SMILES string of the molecule is CC1(C)OB(c2ncc(C3CC3)cc2Cl)OC1(C)C. The highest BCUT2D eigenvalue weighted by Gasteiger charge is 2.53. The largest absolute Gasteiger partial charge is 0.516 e. The monoisotopic (exact) mass is 279 g/mol. The second kappa shape index (κ2) is 4.21. The minimum Gasteiger partial charge on any atom is -0.398 e. The van der Waals surface area contributed by atoms with Gasteiger partial charge in [-0.25, -0.2) is 0 Å². The molecular weight excluding hydrogens is 260 g/mol. The summed E-state index contributed by atoms with van der Waals surface area (Å²) in [5, 5.41) is 0.642. The van der Waals surface area contributed by atoms with Crippen molar-refractivity contribution in [2.24, 2.45) is 0 Å². The number of hydrogen-bond donors (Lipinski definition) is 0. The molecule has 0 aromatic carbocycles. The molecule has 1 aliphatic heterocycles. The molecule has 3 nitrogen and oxygen atoms in total. The van der Waals surface area contributed by atoms with Crippen molar-refractivity contribution >= 4 is 24.3 Å². The van der Waals surface area contributed by atoms with Crippen LogP contribution in [0.5, 0.6) is 0 Å². The third-order valence-corrected chi connectivity index (χ3v) is 4.72. The molecule has 3 rings (SSSR count). The zero-order chi connectivity index (χ0) is 13.8. The van der Waals surface area contributed by atoms with Crippen molar-refractivity contribution in [1.29, 1.82) is 0 Å². The highest BCUT2D eigenvalue weighted by molar-refractivity contribution is 6.64. The lowest BCUT2D eigenvalue weighted by molar-refractivity contribution is 0.00578. The third-order valence-electron chi connectivity index (χ3n) is 4.42. The minimum atomic E-state index is -0.481. The number of rotatable bonds is 2. The van der Waals surface area contributed by atoms with Crippen molar-refractivity contribution in [2.75, 3.05) is 0 Å². The first-order chi connectivity index (χ1) is 8.80. The van der Waals surface area contributed by atoms with Gasteiger partial charge in [0.05, 0.1) is 21.8 Å². The van der Waals surface area contributed by atoms with E-state index in [1.54, 1.807) is 0 Å². The second-order valence-electron chi connectivity index (χ2n) is 6.50. The van der Waals surface area contributed by atoms with E-state index in [2.05, 4.69) is 4.98 Å². The Hall–Kier alpha value is -0.575. The van der Waals surface area contributed by atoms with Gasteiger partial charge in [-0.2, -0.15) is 0 Å². The lowest BCUT2D eigenvalue weighted by atomic mass is 9.84. The van der Waals surface area contributed by atoms with Crippen LogP contribution in [-0.2, 0) is 9.31 Å². The lowest BCUT2D eigenvalue weighted by Crippen LogP contribution is -2.41. The first-order valence-corrected chi connectivity index (χ1v) is 7.19. The Kier molecular flexibility index (Phi) is 2.97. The van der Waals surface area contributed by atoms with Gasteiger partial charge in [0, 0.05) is 6.20 Å². The number of aromatic nitrogens is 1. The molecule has 0 atom stereocenters. The predicted molar refractivity (Wildman–Crippen MR) is 76.9 cm³/mol. The van der Waals surface area contributed by atoms with Gasteiger partial charge in [-0.3, -0.25) is 4.98 Å². The summed E-state index contributed by atoms with van der Waals surface area (Å²) in [6, 6.07) is 2.01. The normalized spacial score (nSPS) is 24.8. The Balaban J connectivity index is 1.87. The Morgan fingerprint density at radius 3 is 2.26 bits per heavy atom. The molecule has 102 valence electrons. The molecule has 0 bridgehead atoms. The molecular formula is C14H19BClNO2. The van der Waals surface area contributed by atoms with E-state index in [-0.39, 0.29) is 11.2 Å². The van der Waals surface area contributed by atoms with Crippen LogP contribution in [0.25, 0.3) is 0 Å². The quantitative estimate of drug-likeness (QED) is 0.780. The molecule has 0 N–H and O–H groups in total. The van der Waals surface area contributed by atoms with Gasteiger partial charge < -0.3 is 9.31 Å². The number of pyridine rings is 1. The summed E-state index contributed by atoms with van der Waals surface area (Å²) in [6.45, 7) is 8.11.